The van der Waals surface area contributed by atoms with Crippen LogP contribution in [0.15, 0.2) is 30.5 Å². The lowest BCUT2D eigenvalue weighted by Gasteiger charge is -2.31. The van der Waals surface area contributed by atoms with Crippen molar-refractivity contribution >= 4 is 23.2 Å². The zero-order chi connectivity index (χ0) is 12.7. The second-order valence-corrected chi connectivity index (χ2v) is 4.55. The molecule has 0 aliphatic carbocycles. The second kappa shape index (κ2) is 4.10. The van der Waals surface area contributed by atoms with E-state index in [0.717, 1.165) is 6.26 Å². The molecular formula is C11H7Cl2F3O. The molecule has 6 heteroatoms. The van der Waals surface area contributed by atoms with Crippen molar-refractivity contribution in [2.75, 3.05) is 0 Å². The van der Waals surface area contributed by atoms with E-state index in [1.807, 2.05) is 0 Å². The third-order valence-electron chi connectivity index (χ3n) is 2.56. The third-order valence-corrected chi connectivity index (χ3v) is 2.99. The molecule has 1 atom stereocenters. The molecule has 0 radical (unpaired) electrons. The van der Waals surface area contributed by atoms with Crippen molar-refractivity contribution in [3.63, 3.8) is 0 Å². The van der Waals surface area contributed by atoms with E-state index < -0.39 is 11.8 Å². The monoisotopic (exact) mass is 282 g/mol. The van der Waals surface area contributed by atoms with E-state index in [0.29, 0.717) is 0 Å². The lowest BCUT2D eigenvalue weighted by atomic mass is 9.90. The van der Waals surface area contributed by atoms with Gasteiger partial charge >= 0.3 is 6.18 Å². The van der Waals surface area contributed by atoms with Gasteiger partial charge in [0.2, 0.25) is 5.60 Å². The summed E-state index contributed by atoms with van der Waals surface area (Å²) >= 11 is 11.4. The number of hydrogen-bond donors (Lipinski definition) is 0. The fourth-order valence-electron chi connectivity index (χ4n) is 1.75. The van der Waals surface area contributed by atoms with E-state index in [4.69, 9.17) is 27.9 Å². The predicted molar refractivity (Wildman–Crippen MR) is 59.0 cm³/mol. The first kappa shape index (κ1) is 12.6. The summed E-state index contributed by atoms with van der Waals surface area (Å²) in [5, 5.41) is 0.290. The van der Waals surface area contributed by atoms with Gasteiger partial charge in [0.1, 0.15) is 0 Å². The van der Waals surface area contributed by atoms with Crippen molar-refractivity contribution in [2.24, 2.45) is 0 Å². The Balaban J connectivity index is 2.54. The van der Waals surface area contributed by atoms with Crippen LogP contribution in [0.4, 0.5) is 13.2 Å². The largest absolute Gasteiger partial charge is 0.481 e. The molecule has 1 aromatic carbocycles. The molecular weight excluding hydrogens is 276 g/mol. The van der Waals surface area contributed by atoms with Crippen molar-refractivity contribution in [3.8, 4) is 0 Å². The van der Waals surface area contributed by atoms with Crippen LogP contribution in [-0.4, -0.2) is 6.18 Å². The highest BCUT2D eigenvalue weighted by Gasteiger charge is 2.59. The molecule has 0 saturated heterocycles. The topological polar surface area (TPSA) is 9.23 Å². The number of alkyl halides is 3. The molecule has 1 aliphatic heterocycles. The molecule has 0 amide bonds. The number of halogens is 5. The number of hydrogen-bond acceptors (Lipinski definition) is 1. The minimum Gasteiger partial charge on any atom is -0.481 e. The van der Waals surface area contributed by atoms with Gasteiger partial charge in [0.25, 0.3) is 0 Å². The maximum absolute atomic E-state index is 13.1. The predicted octanol–water partition coefficient (Wildman–Crippen LogP) is 4.69. The highest BCUT2D eigenvalue weighted by atomic mass is 35.5. The fourth-order valence-corrected chi connectivity index (χ4v) is 2.27. The molecule has 1 nitrogen and oxygen atoms in total. The Morgan fingerprint density at radius 3 is 2.12 bits per heavy atom. The molecule has 0 saturated carbocycles. The van der Waals surface area contributed by atoms with Gasteiger partial charge in [-0.25, -0.2) is 0 Å². The van der Waals surface area contributed by atoms with Gasteiger partial charge in [-0.3, -0.25) is 0 Å². The van der Waals surface area contributed by atoms with Gasteiger partial charge < -0.3 is 4.74 Å². The van der Waals surface area contributed by atoms with Gasteiger partial charge in [0.05, 0.1) is 6.26 Å². The van der Waals surface area contributed by atoms with E-state index in [9.17, 15) is 13.2 Å². The van der Waals surface area contributed by atoms with Crippen molar-refractivity contribution < 1.29 is 17.9 Å². The van der Waals surface area contributed by atoms with Crippen molar-refractivity contribution in [1.82, 2.24) is 0 Å². The number of rotatable bonds is 1. The van der Waals surface area contributed by atoms with Gasteiger partial charge in [-0.15, -0.1) is 0 Å². The van der Waals surface area contributed by atoms with Crippen LogP contribution in [0.2, 0.25) is 10.0 Å². The van der Waals surface area contributed by atoms with Crippen LogP contribution >= 0.6 is 23.2 Å². The Hall–Kier alpha value is -0.870. The summed E-state index contributed by atoms with van der Waals surface area (Å²) in [6, 6.07) is 3.81. The zero-order valence-electron chi connectivity index (χ0n) is 8.39. The van der Waals surface area contributed by atoms with Gasteiger partial charge in [-0.05, 0) is 24.3 Å². The molecule has 1 heterocycles. The Morgan fingerprint density at radius 1 is 1.12 bits per heavy atom. The summed E-state index contributed by atoms with van der Waals surface area (Å²) < 4.78 is 44.1. The molecule has 0 bridgehead atoms. The van der Waals surface area contributed by atoms with E-state index in [1.165, 1.54) is 24.3 Å². The summed E-state index contributed by atoms with van der Waals surface area (Å²) in [4.78, 5) is 0. The van der Waals surface area contributed by atoms with Crippen LogP contribution in [0.1, 0.15) is 12.0 Å². The Labute approximate surface area is 106 Å². The molecule has 1 aliphatic rings. The molecule has 17 heavy (non-hydrogen) atoms. The van der Waals surface area contributed by atoms with E-state index in [1.54, 1.807) is 0 Å². The van der Waals surface area contributed by atoms with Crippen LogP contribution in [0.5, 0.6) is 0 Å². The molecule has 92 valence electrons. The quantitative estimate of drug-likeness (QED) is 0.726. The minimum atomic E-state index is -4.54. The molecule has 0 fully saturated rings. The summed E-state index contributed by atoms with van der Waals surface area (Å²) in [7, 11) is 0. The summed E-state index contributed by atoms with van der Waals surface area (Å²) in [6.07, 6.45) is -2.46. The van der Waals surface area contributed by atoms with Crippen LogP contribution in [-0.2, 0) is 10.3 Å². The van der Waals surface area contributed by atoms with Gasteiger partial charge in [0.15, 0.2) is 0 Å². The van der Waals surface area contributed by atoms with Crippen LogP contribution in [0.3, 0.4) is 0 Å². The SMILES string of the molecule is FC(F)(F)[C@]1(c2cc(Cl)cc(Cl)c2)CC=CO1. The van der Waals surface area contributed by atoms with Crippen molar-refractivity contribution in [3.05, 3.63) is 46.1 Å². The first-order valence-electron chi connectivity index (χ1n) is 4.71. The van der Waals surface area contributed by atoms with Crippen LogP contribution in [0.25, 0.3) is 0 Å². The number of benzene rings is 1. The maximum Gasteiger partial charge on any atom is 0.432 e. The Kier molecular flexibility index (Phi) is 3.04. The van der Waals surface area contributed by atoms with E-state index >= 15 is 0 Å². The smallest absolute Gasteiger partial charge is 0.432 e. The summed E-state index contributed by atoms with van der Waals surface area (Å²) in [5.41, 5.74) is -2.46. The van der Waals surface area contributed by atoms with Crippen LogP contribution in [0, 0.1) is 0 Å². The standard InChI is InChI=1S/C11H7Cl2F3O/c12-8-4-7(5-9(13)6-8)10(11(14,15)16)2-1-3-17-10/h1,3-6H,2H2/t10-/m1/s1. The zero-order valence-corrected chi connectivity index (χ0v) is 9.90. The van der Waals surface area contributed by atoms with Gasteiger partial charge in [-0.1, -0.05) is 23.2 Å². The summed E-state index contributed by atoms with van der Waals surface area (Å²) in [6.45, 7) is 0. The molecule has 0 aromatic heterocycles. The Bertz CT molecular complexity index is 440. The maximum atomic E-state index is 13.1. The average Bonchev–Trinajstić information content (AvgIpc) is 2.64. The van der Waals surface area contributed by atoms with Gasteiger partial charge in [0, 0.05) is 22.0 Å². The highest BCUT2D eigenvalue weighted by molar-refractivity contribution is 6.34. The average molecular weight is 283 g/mol. The fraction of sp³-hybridized carbons (Fsp3) is 0.273. The van der Waals surface area contributed by atoms with Crippen LogP contribution < -0.4 is 0 Å². The Morgan fingerprint density at radius 2 is 1.71 bits per heavy atom. The lowest BCUT2D eigenvalue weighted by Crippen LogP contribution is -2.41. The first-order valence-corrected chi connectivity index (χ1v) is 5.47. The first-order chi connectivity index (χ1) is 7.85. The number of ether oxygens (including phenoxy) is 1. The molecule has 0 spiro atoms. The van der Waals surface area contributed by atoms with Crippen molar-refractivity contribution in [2.45, 2.75) is 18.2 Å². The highest BCUT2D eigenvalue weighted by Crippen LogP contribution is 2.48. The third kappa shape index (κ3) is 2.11. The van der Waals surface area contributed by atoms with Gasteiger partial charge in [-0.2, -0.15) is 13.2 Å². The van der Waals surface area contributed by atoms with Crippen molar-refractivity contribution in [1.29, 1.82) is 0 Å². The minimum absolute atomic E-state index is 0.0903. The normalized spacial score (nSPS) is 23.8. The second-order valence-electron chi connectivity index (χ2n) is 3.68. The summed E-state index contributed by atoms with van der Waals surface area (Å²) in [5.74, 6) is 0. The van der Waals surface area contributed by atoms with E-state index in [2.05, 4.69) is 0 Å². The lowest BCUT2D eigenvalue weighted by molar-refractivity contribution is -0.261. The van der Waals surface area contributed by atoms with E-state index in [-0.39, 0.29) is 22.0 Å². The molecule has 0 N–H and O–H groups in total. The molecule has 0 unspecified atom stereocenters. The molecule has 1 aromatic rings. The molecule has 2 rings (SSSR count).